The minimum Gasteiger partial charge on any atom is -0.396 e. The predicted molar refractivity (Wildman–Crippen MR) is 118 cm³/mol. The Morgan fingerprint density at radius 2 is 1.92 bits per heavy atom. The van der Waals surface area contributed by atoms with Crippen molar-refractivity contribution in [3.05, 3.63) is 35.9 Å². The molecule has 0 unspecified atom stereocenters. The number of nitrogens with zero attached hydrogens (tertiary/aromatic N) is 2. The normalized spacial score (nSPS) is 20.3. The summed E-state index contributed by atoms with van der Waals surface area (Å²) in [5.74, 6) is 0.906. The number of aliphatic hydroxyl groups is 1. The summed E-state index contributed by atoms with van der Waals surface area (Å²) in [6.07, 6.45) is 4.49. The highest BCUT2D eigenvalue weighted by Crippen LogP contribution is 2.45. The van der Waals surface area contributed by atoms with Gasteiger partial charge in [0, 0.05) is 37.6 Å². The lowest BCUT2D eigenvalue weighted by Gasteiger charge is -2.33. The average molecular weight is 472 g/mol. The lowest BCUT2D eigenvalue weighted by Crippen LogP contribution is -2.48. The van der Waals surface area contributed by atoms with Crippen LogP contribution >= 0.6 is 24.0 Å². The largest absolute Gasteiger partial charge is 0.396 e. The van der Waals surface area contributed by atoms with Gasteiger partial charge < -0.3 is 15.7 Å². The smallest absolute Gasteiger partial charge is 0.191 e. The van der Waals surface area contributed by atoms with Crippen molar-refractivity contribution in [1.29, 1.82) is 0 Å². The molecule has 0 bridgehead atoms. The molecule has 0 radical (unpaired) electrons. The number of nitrogens with one attached hydrogen (secondary N) is 2. The van der Waals surface area contributed by atoms with Crippen LogP contribution in [0.1, 0.15) is 38.2 Å². The summed E-state index contributed by atoms with van der Waals surface area (Å²) in [7, 11) is 0. The van der Waals surface area contributed by atoms with Crippen LogP contribution in [0.15, 0.2) is 35.3 Å². The Morgan fingerprint density at radius 3 is 2.50 bits per heavy atom. The number of hydrogen-bond donors (Lipinski definition) is 3. The van der Waals surface area contributed by atoms with E-state index in [4.69, 9.17) is 4.99 Å². The van der Waals surface area contributed by atoms with Crippen molar-refractivity contribution in [2.45, 2.75) is 45.2 Å². The maximum absolute atomic E-state index is 9.46. The third kappa shape index (κ3) is 6.39. The summed E-state index contributed by atoms with van der Waals surface area (Å²) in [4.78, 5) is 7.25. The number of rotatable bonds is 7. The fourth-order valence-electron chi connectivity index (χ4n) is 3.38. The van der Waals surface area contributed by atoms with E-state index in [0.29, 0.717) is 6.04 Å². The molecule has 1 saturated heterocycles. The maximum Gasteiger partial charge on any atom is 0.191 e. The second-order valence-corrected chi connectivity index (χ2v) is 7.53. The lowest BCUT2D eigenvalue weighted by molar-refractivity contribution is 0.198. The summed E-state index contributed by atoms with van der Waals surface area (Å²) in [6.45, 7) is 7.22. The van der Waals surface area contributed by atoms with Gasteiger partial charge in [0.15, 0.2) is 5.96 Å². The Morgan fingerprint density at radius 1 is 1.23 bits per heavy atom. The number of halogens is 1. The Hall–Kier alpha value is -0.860. The maximum atomic E-state index is 9.46. The quantitative estimate of drug-likeness (QED) is 0.325. The van der Waals surface area contributed by atoms with Gasteiger partial charge in [-0.15, -0.1) is 24.0 Å². The molecule has 3 rings (SSSR count). The SMILES string of the molecule is CCNC(=NCC1(CO)CC1)NC1CCN(Cc2ccccc2)CC1.I. The molecule has 1 aromatic rings. The highest BCUT2D eigenvalue weighted by molar-refractivity contribution is 14.0. The zero-order valence-electron chi connectivity index (χ0n) is 15.8. The van der Waals surface area contributed by atoms with Gasteiger partial charge in [0.2, 0.25) is 0 Å². The zero-order valence-corrected chi connectivity index (χ0v) is 18.1. The summed E-state index contributed by atoms with van der Waals surface area (Å²) in [5, 5.41) is 16.4. The van der Waals surface area contributed by atoms with Crippen LogP contribution in [0.25, 0.3) is 0 Å². The van der Waals surface area contributed by atoms with Gasteiger partial charge in [-0.25, -0.2) is 0 Å². The molecule has 1 heterocycles. The Balaban J connectivity index is 0.00000243. The molecule has 26 heavy (non-hydrogen) atoms. The Kier molecular flexibility index (Phi) is 8.63. The molecule has 0 amide bonds. The molecule has 2 fully saturated rings. The minimum atomic E-state index is 0. The van der Waals surface area contributed by atoms with Crippen molar-refractivity contribution in [3.8, 4) is 0 Å². The first-order chi connectivity index (χ1) is 12.2. The third-order valence-corrected chi connectivity index (χ3v) is 5.39. The van der Waals surface area contributed by atoms with Crippen molar-refractivity contribution in [1.82, 2.24) is 15.5 Å². The van der Waals surface area contributed by atoms with Gasteiger partial charge in [-0.2, -0.15) is 0 Å². The Labute approximate surface area is 174 Å². The summed E-state index contributed by atoms with van der Waals surface area (Å²) >= 11 is 0. The Bertz CT molecular complexity index is 554. The molecule has 1 aromatic carbocycles. The molecule has 0 aromatic heterocycles. The van der Waals surface area contributed by atoms with E-state index in [1.165, 1.54) is 5.56 Å². The van der Waals surface area contributed by atoms with Crippen LogP contribution in [0.3, 0.4) is 0 Å². The third-order valence-electron chi connectivity index (χ3n) is 5.39. The van der Waals surface area contributed by atoms with Crippen LogP contribution in [0, 0.1) is 5.41 Å². The van der Waals surface area contributed by atoms with Crippen molar-refractivity contribution < 1.29 is 5.11 Å². The highest BCUT2D eigenvalue weighted by Gasteiger charge is 2.41. The number of aliphatic imine (C=N–C) groups is 1. The predicted octanol–water partition coefficient (Wildman–Crippen LogP) is 2.60. The first-order valence-corrected chi connectivity index (χ1v) is 9.65. The van der Waals surface area contributed by atoms with E-state index in [0.717, 1.165) is 64.4 Å². The van der Waals surface area contributed by atoms with Crippen molar-refractivity contribution in [3.63, 3.8) is 0 Å². The molecule has 1 aliphatic heterocycles. The fourth-order valence-corrected chi connectivity index (χ4v) is 3.38. The summed E-state index contributed by atoms with van der Waals surface area (Å²) < 4.78 is 0. The number of hydrogen-bond acceptors (Lipinski definition) is 3. The zero-order chi connectivity index (χ0) is 17.5. The van der Waals surface area contributed by atoms with Crippen molar-refractivity contribution >= 4 is 29.9 Å². The molecule has 3 N–H and O–H groups in total. The first-order valence-electron chi connectivity index (χ1n) is 9.65. The van der Waals surface area contributed by atoms with E-state index in [9.17, 15) is 5.11 Å². The number of guanidine groups is 1. The van der Waals surface area contributed by atoms with Crippen LogP contribution < -0.4 is 10.6 Å². The standard InChI is InChI=1S/C20H32N4O.HI/c1-2-21-19(22-15-20(16-25)10-11-20)23-18-8-12-24(13-9-18)14-17-6-4-3-5-7-17;/h3-7,18,25H,2,8-16H2,1H3,(H2,21,22,23);1H. The van der Waals surface area contributed by atoms with Crippen molar-refractivity contribution in [2.75, 3.05) is 32.8 Å². The minimum absolute atomic E-state index is 0. The van der Waals surface area contributed by atoms with Crippen LogP contribution in [0.2, 0.25) is 0 Å². The van der Waals surface area contributed by atoms with Crippen LogP contribution in [-0.2, 0) is 6.54 Å². The van der Waals surface area contributed by atoms with E-state index >= 15 is 0 Å². The monoisotopic (exact) mass is 472 g/mol. The molecule has 1 saturated carbocycles. The molecule has 5 nitrogen and oxygen atoms in total. The molecule has 0 atom stereocenters. The lowest BCUT2D eigenvalue weighted by atomic mass is 10.0. The second kappa shape index (κ2) is 10.5. The van der Waals surface area contributed by atoms with Crippen LogP contribution in [0.5, 0.6) is 0 Å². The van der Waals surface area contributed by atoms with Gasteiger partial charge >= 0.3 is 0 Å². The molecular formula is C20H33IN4O. The van der Waals surface area contributed by atoms with Gasteiger partial charge in [-0.3, -0.25) is 9.89 Å². The second-order valence-electron chi connectivity index (χ2n) is 7.53. The molecule has 6 heteroatoms. The molecule has 0 spiro atoms. The fraction of sp³-hybridized carbons (Fsp3) is 0.650. The number of aliphatic hydroxyl groups excluding tert-OH is 1. The van der Waals surface area contributed by atoms with Gasteiger partial charge in [0.1, 0.15) is 0 Å². The number of piperidine rings is 1. The van der Waals surface area contributed by atoms with Crippen LogP contribution in [-0.4, -0.2) is 54.8 Å². The molecule has 2 aliphatic rings. The van der Waals surface area contributed by atoms with Gasteiger partial charge in [0.25, 0.3) is 0 Å². The summed E-state index contributed by atoms with van der Waals surface area (Å²) in [6, 6.07) is 11.2. The highest BCUT2D eigenvalue weighted by atomic mass is 127. The van der Waals surface area contributed by atoms with Gasteiger partial charge in [0.05, 0.1) is 13.2 Å². The van der Waals surface area contributed by atoms with E-state index in [1.54, 1.807) is 0 Å². The van der Waals surface area contributed by atoms with E-state index in [1.807, 2.05) is 0 Å². The van der Waals surface area contributed by atoms with E-state index < -0.39 is 0 Å². The van der Waals surface area contributed by atoms with E-state index in [2.05, 4.69) is 52.8 Å². The summed E-state index contributed by atoms with van der Waals surface area (Å²) in [5.41, 5.74) is 1.46. The van der Waals surface area contributed by atoms with Gasteiger partial charge in [-0.05, 0) is 38.2 Å². The molecule has 146 valence electrons. The average Bonchev–Trinajstić information content (AvgIpc) is 3.43. The van der Waals surface area contributed by atoms with Crippen molar-refractivity contribution in [2.24, 2.45) is 10.4 Å². The van der Waals surface area contributed by atoms with Crippen LogP contribution in [0.4, 0.5) is 0 Å². The van der Waals surface area contributed by atoms with Gasteiger partial charge in [-0.1, -0.05) is 30.3 Å². The number of benzene rings is 1. The first kappa shape index (κ1) is 21.4. The topological polar surface area (TPSA) is 59.9 Å². The number of likely N-dealkylation sites (tertiary alicyclic amines) is 1. The molecule has 1 aliphatic carbocycles. The van der Waals surface area contributed by atoms with E-state index in [-0.39, 0.29) is 36.0 Å². The molecular weight excluding hydrogens is 439 g/mol.